The molecule has 0 saturated carbocycles. The van der Waals surface area contributed by atoms with Crippen molar-refractivity contribution in [3.05, 3.63) is 22.4 Å². The summed E-state index contributed by atoms with van der Waals surface area (Å²) in [6, 6.07) is 2.20. The van der Waals surface area contributed by atoms with E-state index >= 15 is 0 Å². The van der Waals surface area contributed by atoms with Gasteiger partial charge in [0.1, 0.15) is 0 Å². The zero-order valence-electron chi connectivity index (χ0n) is 9.59. The van der Waals surface area contributed by atoms with E-state index in [1.807, 2.05) is 0 Å². The molecule has 0 amide bonds. The van der Waals surface area contributed by atoms with Gasteiger partial charge in [0.25, 0.3) is 0 Å². The molecule has 2 N–H and O–H groups in total. The fourth-order valence-electron chi connectivity index (χ4n) is 1.43. The Morgan fingerprint density at radius 2 is 1.93 bits per heavy atom. The summed E-state index contributed by atoms with van der Waals surface area (Å²) in [6.07, 6.45) is 3.61. The lowest BCUT2D eigenvalue weighted by atomic mass is 10.2. The number of hydrogen-bond acceptors (Lipinski definition) is 3. The molecule has 1 heterocycles. The zero-order valence-corrected chi connectivity index (χ0v) is 10.4. The molecular formula is C12H22N2S. The molecule has 86 valence electrons. The average Bonchev–Trinajstić information content (AvgIpc) is 2.75. The molecule has 0 radical (unpaired) electrons. The molecule has 1 aromatic heterocycles. The molecule has 0 fully saturated rings. The summed E-state index contributed by atoms with van der Waals surface area (Å²) in [5, 5.41) is 11.2. The highest BCUT2D eigenvalue weighted by Crippen LogP contribution is 2.05. The Morgan fingerprint density at radius 3 is 2.60 bits per heavy atom. The van der Waals surface area contributed by atoms with Crippen molar-refractivity contribution >= 4 is 11.3 Å². The summed E-state index contributed by atoms with van der Waals surface area (Å²) in [7, 11) is 0. The Balaban J connectivity index is 1.81. The third-order valence-electron chi connectivity index (χ3n) is 2.30. The molecule has 0 unspecified atom stereocenters. The molecule has 1 aromatic rings. The van der Waals surface area contributed by atoms with E-state index in [-0.39, 0.29) is 0 Å². The van der Waals surface area contributed by atoms with Gasteiger partial charge < -0.3 is 10.6 Å². The van der Waals surface area contributed by atoms with Crippen molar-refractivity contribution in [2.45, 2.75) is 26.2 Å². The largest absolute Gasteiger partial charge is 0.317 e. The van der Waals surface area contributed by atoms with E-state index in [0.717, 1.165) is 32.6 Å². The summed E-state index contributed by atoms with van der Waals surface area (Å²) < 4.78 is 0. The highest BCUT2D eigenvalue weighted by molar-refractivity contribution is 7.07. The highest BCUT2D eigenvalue weighted by atomic mass is 32.1. The minimum absolute atomic E-state index is 1.10. The molecule has 0 aliphatic heterocycles. The molecule has 0 saturated heterocycles. The van der Waals surface area contributed by atoms with Crippen molar-refractivity contribution in [2.24, 2.45) is 0 Å². The summed E-state index contributed by atoms with van der Waals surface area (Å²) in [6.45, 7) is 6.71. The Labute approximate surface area is 97.1 Å². The van der Waals surface area contributed by atoms with E-state index in [4.69, 9.17) is 0 Å². The van der Waals surface area contributed by atoms with Gasteiger partial charge in [0, 0.05) is 0 Å². The first-order valence-corrected chi connectivity index (χ1v) is 6.80. The standard InChI is InChI=1S/C12H22N2S/c1-2-6-13-7-3-8-14-9-4-12-5-10-15-11-12/h5,10-11,13-14H,2-4,6-9H2,1H3. The van der Waals surface area contributed by atoms with Crippen LogP contribution >= 0.6 is 11.3 Å². The first kappa shape index (κ1) is 12.7. The van der Waals surface area contributed by atoms with Crippen LogP contribution < -0.4 is 10.6 Å². The molecule has 0 atom stereocenters. The molecule has 0 bridgehead atoms. The normalized spacial score (nSPS) is 10.7. The number of rotatable bonds is 9. The van der Waals surface area contributed by atoms with Gasteiger partial charge in [-0.25, -0.2) is 0 Å². The average molecular weight is 226 g/mol. The van der Waals surface area contributed by atoms with Crippen LogP contribution in [0.4, 0.5) is 0 Å². The van der Waals surface area contributed by atoms with E-state index in [9.17, 15) is 0 Å². The van der Waals surface area contributed by atoms with Gasteiger partial charge in [-0.05, 0) is 67.8 Å². The summed E-state index contributed by atoms with van der Waals surface area (Å²) in [4.78, 5) is 0. The van der Waals surface area contributed by atoms with Gasteiger partial charge in [-0.2, -0.15) is 11.3 Å². The van der Waals surface area contributed by atoms with Crippen molar-refractivity contribution in [2.75, 3.05) is 26.2 Å². The molecule has 3 heteroatoms. The SMILES string of the molecule is CCCNCCCNCCc1ccsc1. The first-order chi connectivity index (χ1) is 7.43. The second-order valence-corrected chi connectivity index (χ2v) is 4.52. The van der Waals surface area contributed by atoms with E-state index in [2.05, 4.69) is 34.4 Å². The molecular weight excluding hydrogens is 204 g/mol. The maximum atomic E-state index is 3.47. The maximum Gasteiger partial charge on any atom is -0.000805 e. The van der Waals surface area contributed by atoms with Gasteiger partial charge in [-0.1, -0.05) is 6.92 Å². The van der Waals surface area contributed by atoms with Gasteiger partial charge in [0.05, 0.1) is 0 Å². The number of hydrogen-bond donors (Lipinski definition) is 2. The monoisotopic (exact) mass is 226 g/mol. The van der Waals surface area contributed by atoms with Crippen LogP contribution in [0.15, 0.2) is 16.8 Å². The van der Waals surface area contributed by atoms with E-state index in [0.29, 0.717) is 0 Å². The second-order valence-electron chi connectivity index (χ2n) is 3.74. The van der Waals surface area contributed by atoms with Gasteiger partial charge in [0.15, 0.2) is 0 Å². The Morgan fingerprint density at radius 1 is 1.13 bits per heavy atom. The molecule has 1 rings (SSSR count). The summed E-state index contributed by atoms with van der Waals surface area (Å²) >= 11 is 1.78. The maximum absolute atomic E-state index is 3.47. The van der Waals surface area contributed by atoms with Gasteiger partial charge in [0.2, 0.25) is 0 Å². The quantitative estimate of drug-likeness (QED) is 0.631. The van der Waals surface area contributed by atoms with Crippen LogP contribution in [0, 0.1) is 0 Å². The smallest absolute Gasteiger partial charge is 0.000805 e. The summed E-state index contributed by atoms with van der Waals surface area (Å²) in [5.41, 5.74) is 1.46. The first-order valence-electron chi connectivity index (χ1n) is 5.86. The Hall–Kier alpha value is -0.380. The molecule has 0 aliphatic rings. The molecule has 0 aliphatic carbocycles. The fraction of sp³-hybridized carbons (Fsp3) is 0.667. The van der Waals surface area contributed by atoms with Crippen LogP contribution in [0.2, 0.25) is 0 Å². The van der Waals surface area contributed by atoms with Crippen molar-refractivity contribution in [1.82, 2.24) is 10.6 Å². The van der Waals surface area contributed by atoms with Crippen molar-refractivity contribution in [1.29, 1.82) is 0 Å². The fourth-order valence-corrected chi connectivity index (χ4v) is 2.14. The van der Waals surface area contributed by atoms with Crippen LogP contribution in [0.1, 0.15) is 25.3 Å². The third kappa shape index (κ3) is 6.66. The number of nitrogens with one attached hydrogen (secondary N) is 2. The molecule has 15 heavy (non-hydrogen) atoms. The van der Waals surface area contributed by atoms with E-state index in [1.165, 1.54) is 18.4 Å². The third-order valence-corrected chi connectivity index (χ3v) is 3.04. The molecule has 0 aromatic carbocycles. The van der Waals surface area contributed by atoms with Gasteiger partial charge in [-0.3, -0.25) is 0 Å². The van der Waals surface area contributed by atoms with Crippen LogP contribution in [0.25, 0.3) is 0 Å². The van der Waals surface area contributed by atoms with E-state index in [1.54, 1.807) is 11.3 Å². The van der Waals surface area contributed by atoms with E-state index < -0.39 is 0 Å². The lowest BCUT2D eigenvalue weighted by Gasteiger charge is -2.04. The second kappa shape index (κ2) is 8.89. The van der Waals surface area contributed by atoms with Crippen molar-refractivity contribution in [3.8, 4) is 0 Å². The van der Waals surface area contributed by atoms with Crippen molar-refractivity contribution < 1.29 is 0 Å². The minimum Gasteiger partial charge on any atom is -0.317 e. The van der Waals surface area contributed by atoms with Gasteiger partial charge in [-0.15, -0.1) is 0 Å². The molecule has 2 nitrogen and oxygen atoms in total. The van der Waals surface area contributed by atoms with Crippen molar-refractivity contribution in [3.63, 3.8) is 0 Å². The predicted octanol–water partition coefficient (Wildman–Crippen LogP) is 2.27. The number of thiophene rings is 1. The lowest BCUT2D eigenvalue weighted by Crippen LogP contribution is -2.23. The van der Waals surface area contributed by atoms with Gasteiger partial charge >= 0.3 is 0 Å². The lowest BCUT2D eigenvalue weighted by molar-refractivity contribution is 0.593. The van der Waals surface area contributed by atoms with Crippen LogP contribution in [0.5, 0.6) is 0 Å². The minimum atomic E-state index is 1.10. The highest BCUT2D eigenvalue weighted by Gasteiger charge is 1.92. The summed E-state index contributed by atoms with van der Waals surface area (Å²) in [5.74, 6) is 0. The Kier molecular flexibility index (Phi) is 7.52. The molecule has 0 spiro atoms. The Bertz CT molecular complexity index is 222. The predicted molar refractivity (Wildman–Crippen MR) is 68.7 cm³/mol. The zero-order chi connectivity index (χ0) is 10.8. The topological polar surface area (TPSA) is 24.1 Å². The van der Waals surface area contributed by atoms with Crippen LogP contribution in [-0.4, -0.2) is 26.2 Å². The van der Waals surface area contributed by atoms with Crippen LogP contribution in [-0.2, 0) is 6.42 Å². The van der Waals surface area contributed by atoms with Crippen LogP contribution in [0.3, 0.4) is 0 Å².